The van der Waals surface area contributed by atoms with Crippen molar-refractivity contribution >= 4 is 0 Å². The third kappa shape index (κ3) is 1.48. The Morgan fingerprint density at radius 3 is 2.83 bits per heavy atom. The number of nitrogens with zero attached hydrogens (tertiary/aromatic N) is 1. The summed E-state index contributed by atoms with van der Waals surface area (Å²) in [6.45, 7) is 0. The van der Waals surface area contributed by atoms with E-state index in [9.17, 15) is 0 Å². The van der Waals surface area contributed by atoms with E-state index in [0.717, 1.165) is 5.69 Å². The highest BCUT2D eigenvalue weighted by Crippen LogP contribution is 2.42. The van der Waals surface area contributed by atoms with Gasteiger partial charge in [-0.1, -0.05) is 6.07 Å². The summed E-state index contributed by atoms with van der Waals surface area (Å²) in [6.07, 6.45) is 4.62. The van der Waals surface area contributed by atoms with Crippen molar-refractivity contribution in [1.29, 1.82) is 0 Å². The first-order valence-corrected chi connectivity index (χ1v) is 4.35. The molecular formula is C10H13NO. The molecule has 0 N–H and O–H groups in total. The Labute approximate surface area is 72.6 Å². The fourth-order valence-corrected chi connectivity index (χ4v) is 1.50. The molecule has 0 bridgehead atoms. The Morgan fingerprint density at radius 1 is 1.50 bits per heavy atom. The van der Waals surface area contributed by atoms with Gasteiger partial charge in [0.25, 0.3) is 0 Å². The van der Waals surface area contributed by atoms with E-state index in [1.165, 1.54) is 12.8 Å². The molecule has 1 unspecified atom stereocenters. The van der Waals surface area contributed by atoms with Crippen LogP contribution in [0.5, 0.6) is 0 Å². The maximum absolute atomic E-state index is 5.40. The van der Waals surface area contributed by atoms with Gasteiger partial charge in [0.05, 0.1) is 5.69 Å². The van der Waals surface area contributed by atoms with Gasteiger partial charge in [0.2, 0.25) is 0 Å². The van der Waals surface area contributed by atoms with Gasteiger partial charge in [-0.15, -0.1) is 0 Å². The molecule has 2 heteroatoms. The summed E-state index contributed by atoms with van der Waals surface area (Å²) in [6, 6.07) is 5.98. The second kappa shape index (κ2) is 3.23. The summed E-state index contributed by atoms with van der Waals surface area (Å²) >= 11 is 0. The fraction of sp³-hybridized carbons (Fsp3) is 0.500. The lowest BCUT2D eigenvalue weighted by molar-refractivity contribution is 0.0811. The molecule has 1 aliphatic rings. The molecule has 0 radical (unpaired) electrons. The second-order valence-electron chi connectivity index (χ2n) is 3.25. The summed E-state index contributed by atoms with van der Waals surface area (Å²) < 4.78 is 5.40. The molecule has 1 heterocycles. The summed E-state index contributed by atoms with van der Waals surface area (Å²) in [5.41, 5.74) is 1.07. The van der Waals surface area contributed by atoms with Crippen molar-refractivity contribution < 1.29 is 4.74 Å². The van der Waals surface area contributed by atoms with Gasteiger partial charge in [-0.2, -0.15) is 0 Å². The molecule has 1 aliphatic carbocycles. The van der Waals surface area contributed by atoms with E-state index >= 15 is 0 Å². The van der Waals surface area contributed by atoms with Crippen molar-refractivity contribution in [2.45, 2.75) is 18.9 Å². The lowest BCUT2D eigenvalue weighted by Crippen LogP contribution is -2.05. The topological polar surface area (TPSA) is 22.1 Å². The Morgan fingerprint density at radius 2 is 2.33 bits per heavy atom. The third-order valence-corrected chi connectivity index (χ3v) is 2.28. The molecule has 64 valence electrons. The SMILES string of the molecule is COC(c1ccccn1)C1CC1. The number of rotatable bonds is 3. The number of ether oxygens (including phenoxy) is 1. The molecule has 1 atom stereocenters. The monoisotopic (exact) mass is 163 g/mol. The first kappa shape index (κ1) is 7.74. The maximum Gasteiger partial charge on any atom is 0.102 e. The van der Waals surface area contributed by atoms with Crippen LogP contribution >= 0.6 is 0 Å². The van der Waals surface area contributed by atoms with E-state index in [4.69, 9.17) is 4.74 Å². The highest BCUT2D eigenvalue weighted by atomic mass is 16.5. The van der Waals surface area contributed by atoms with Crippen molar-refractivity contribution in [3.63, 3.8) is 0 Å². The molecule has 1 aromatic heterocycles. The molecule has 0 saturated heterocycles. The van der Waals surface area contributed by atoms with Crippen LogP contribution in [0.4, 0.5) is 0 Å². The number of methoxy groups -OCH3 is 1. The Bertz CT molecular complexity index is 243. The van der Waals surface area contributed by atoms with E-state index in [0.29, 0.717) is 5.92 Å². The summed E-state index contributed by atoms with van der Waals surface area (Å²) in [5, 5.41) is 0. The minimum absolute atomic E-state index is 0.228. The maximum atomic E-state index is 5.40. The number of pyridine rings is 1. The highest BCUT2D eigenvalue weighted by Gasteiger charge is 2.32. The Balaban J connectivity index is 2.15. The predicted octanol–water partition coefficient (Wildman–Crippen LogP) is 2.18. The van der Waals surface area contributed by atoms with Crippen LogP contribution in [0.25, 0.3) is 0 Å². The van der Waals surface area contributed by atoms with Crippen LogP contribution in [0.2, 0.25) is 0 Å². The standard InChI is InChI=1S/C10H13NO/c1-12-10(8-5-6-8)9-4-2-3-7-11-9/h2-4,7-8,10H,5-6H2,1H3. The average Bonchev–Trinajstić information content (AvgIpc) is 2.92. The van der Waals surface area contributed by atoms with Crippen LogP contribution in [0, 0.1) is 5.92 Å². The molecule has 2 rings (SSSR count). The van der Waals surface area contributed by atoms with Crippen LogP contribution in [0.15, 0.2) is 24.4 Å². The Kier molecular flexibility index (Phi) is 2.09. The van der Waals surface area contributed by atoms with Crippen molar-refractivity contribution in [1.82, 2.24) is 4.98 Å². The zero-order chi connectivity index (χ0) is 8.39. The number of hydrogen-bond donors (Lipinski definition) is 0. The van der Waals surface area contributed by atoms with Gasteiger partial charge >= 0.3 is 0 Å². The molecule has 0 aliphatic heterocycles. The van der Waals surface area contributed by atoms with E-state index in [-0.39, 0.29) is 6.10 Å². The molecule has 0 aromatic carbocycles. The second-order valence-corrected chi connectivity index (χ2v) is 3.25. The predicted molar refractivity (Wildman–Crippen MR) is 46.7 cm³/mol. The zero-order valence-corrected chi connectivity index (χ0v) is 7.23. The summed E-state index contributed by atoms with van der Waals surface area (Å²) in [5.74, 6) is 0.713. The Hall–Kier alpha value is -0.890. The van der Waals surface area contributed by atoms with Gasteiger partial charge in [0.1, 0.15) is 6.10 Å². The van der Waals surface area contributed by atoms with Gasteiger partial charge in [-0.3, -0.25) is 4.98 Å². The van der Waals surface area contributed by atoms with Crippen LogP contribution in [-0.4, -0.2) is 12.1 Å². The fourth-order valence-electron chi connectivity index (χ4n) is 1.50. The van der Waals surface area contributed by atoms with Crippen LogP contribution in [0.3, 0.4) is 0 Å². The first-order chi connectivity index (χ1) is 5.92. The van der Waals surface area contributed by atoms with Gasteiger partial charge in [0.15, 0.2) is 0 Å². The van der Waals surface area contributed by atoms with E-state index in [1.807, 2.05) is 24.4 Å². The van der Waals surface area contributed by atoms with Crippen LogP contribution in [-0.2, 0) is 4.74 Å². The molecule has 1 fully saturated rings. The van der Waals surface area contributed by atoms with Crippen molar-refractivity contribution in [3.8, 4) is 0 Å². The number of hydrogen-bond acceptors (Lipinski definition) is 2. The zero-order valence-electron chi connectivity index (χ0n) is 7.23. The van der Waals surface area contributed by atoms with E-state index < -0.39 is 0 Å². The smallest absolute Gasteiger partial charge is 0.102 e. The molecule has 1 saturated carbocycles. The third-order valence-electron chi connectivity index (χ3n) is 2.28. The van der Waals surface area contributed by atoms with Crippen LogP contribution < -0.4 is 0 Å². The van der Waals surface area contributed by atoms with E-state index in [2.05, 4.69) is 4.98 Å². The van der Waals surface area contributed by atoms with E-state index in [1.54, 1.807) is 7.11 Å². The van der Waals surface area contributed by atoms with Gasteiger partial charge in [0, 0.05) is 13.3 Å². The highest BCUT2D eigenvalue weighted by molar-refractivity contribution is 5.09. The van der Waals surface area contributed by atoms with Crippen LogP contribution in [0.1, 0.15) is 24.6 Å². The number of aromatic nitrogens is 1. The van der Waals surface area contributed by atoms with Crippen molar-refractivity contribution in [3.05, 3.63) is 30.1 Å². The largest absolute Gasteiger partial charge is 0.375 e. The van der Waals surface area contributed by atoms with Gasteiger partial charge in [-0.05, 0) is 30.9 Å². The molecular weight excluding hydrogens is 150 g/mol. The van der Waals surface area contributed by atoms with Gasteiger partial charge in [-0.25, -0.2) is 0 Å². The molecule has 0 spiro atoms. The minimum atomic E-state index is 0.228. The average molecular weight is 163 g/mol. The van der Waals surface area contributed by atoms with Crippen molar-refractivity contribution in [2.75, 3.05) is 7.11 Å². The molecule has 1 aromatic rings. The quantitative estimate of drug-likeness (QED) is 0.681. The lowest BCUT2D eigenvalue weighted by Gasteiger charge is -2.12. The minimum Gasteiger partial charge on any atom is -0.375 e. The lowest BCUT2D eigenvalue weighted by atomic mass is 10.1. The molecule has 0 amide bonds. The summed E-state index contributed by atoms with van der Waals surface area (Å²) in [7, 11) is 1.76. The van der Waals surface area contributed by atoms with Crippen molar-refractivity contribution in [2.24, 2.45) is 5.92 Å². The first-order valence-electron chi connectivity index (χ1n) is 4.35. The van der Waals surface area contributed by atoms with Gasteiger partial charge < -0.3 is 4.74 Å². The molecule has 12 heavy (non-hydrogen) atoms. The normalized spacial score (nSPS) is 19.1. The summed E-state index contributed by atoms with van der Waals surface area (Å²) in [4.78, 5) is 4.29. The molecule has 2 nitrogen and oxygen atoms in total.